The van der Waals surface area contributed by atoms with Crippen LogP contribution in [0, 0.1) is 23.7 Å². The molecule has 0 aromatic heterocycles. The Labute approximate surface area is 117 Å². The summed E-state index contributed by atoms with van der Waals surface area (Å²) in [6.07, 6.45) is 5.16. The second-order valence-corrected chi connectivity index (χ2v) is 5.71. The average Bonchev–Trinajstić information content (AvgIpc) is 3.13. The molecule has 1 saturated heterocycles. The summed E-state index contributed by atoms with van der Waals surface area (Å²) in [7, 11) is 1.58. The number of amides is 2. The quantitative estimate of drug-likeness (QED) is 0.609. The van der Waals surface area contributed by atoms with Gasteiger partial charge in [0.15, 0.2) is 0 Å². The van der Waals surface area contributed by atoms with E-state index in [4.69, 9.17) is 4.74 Å². The Bertz CT molecular complexity index is 606. The van der Waals surface area contributed by atoms with Gasteiger partial charge in [-0.25, -0.2) is 4.90 Å². The van der Waals surface area contributed by atoms with Crippen LogP contribution in [0.2, 0.25) is 0 Å². The molecular formula is C16H15NO3. The number of imide groups is 1. The van der Waals surface area contributed by atoms with Crippen molar-refractivity contribution >= 4 is 17.5 Å². The molecular weight excluding hydrogens is 254 g/mol. The molecule has 2 bridgehead atoms. The Morgan fingerprint density at radius 2 is 1.75 bits per heavy atom. The van der Waals surface area contributed by atoms with Crippen molar-refractivity contribution in [2.45, 2.75) is 6.42 Å². The van der Waals surface area contributed by atoms with Crippen LogP contribution in [0.15, 0.2) is 36.4 Å². The number of rotatable bonds is 2. The van der Waals surface area contributed by atoms with E-state index in [1.165, 1.54) is 4.90 Å². The predicted octanol–water partition coefficient (Wildman–Crippen LogP) is 2.01. The van der Waals surface area contributed by atoms with E-state index in [0.717, 1.165) is 6.42 Å². The zero-order valence-electron chi connectivity index (χ0n) is 11.2. The molecule has 0 N–H and O–H groups in total. The van der Waals surface area contributed by atoms with E-state index in [1.807, 2.05) is 0 Å². The van der Waals surface area contributed by atoms with E-state index < -0.39 is 0 Å². The first-order valence-corrected chi connectivity index (χ1v) is 6.91. The van der Waals surface area contributed by atoms with Crippen molar-refractivity contribution < 1.29 is 14.3 Å². The number of hydrogen-bond acceptors (Lipinski definition) is 3. The molecule has 4 nitrogen and oxygen atoms in total. The molecule has 1 heterocycles. The Morgan fingerprint density at radius 3 is 2.35 bits per heavy atom. The van der Waals surface area contributed by atoms with Crippen LogP contribution in [0.1, 0.15) is 6.42 Å². The SMILES string of the molecule is COc1cccc(N2C(=O)[C@@H]3[C@@H](C2=O)[C@H]2C=C[C@@H]3C2)c1. The third-order valence-corrected chi connectivity index (χ3v) is 4.78. The zero-order chi connectivity index (χ0) is 13.9. The molecule has 4 atom stereocenters. The lowest BCUT2D eigenvalue weighted by molar-refractivity contribution is -0.123. The molecule has 2 fully saturated rings. The van der Waals surface area contributed by atoms with Crippen LogP contribution >= 0.6 is 0 Å². The molecule has 4 rings (SSSR count). The summed E-state index contributed by atoms with van der Waals surface area (Å²) < 4.78 is 5.17. The summed E-state index contributed by atoms with van der Waals surface area (Å²) in [5, 5.41) is 0. The van der Waals surface area contributed by atoms with Crippen LogP contribution in [0.4, 0.5) is 5.69 Å². The number of allylic oxidation sites excluding steroid dienone is 2. The zero-order valence-corrected chi connectivity index (χ0v) is 11.2. The van der Waals surface area contributed by atoms with E-state index in [-0.39, 0.29) is 35.5 Å². The number of ether oxygens (including phenoxy) is 1. The first kappa shape index (κ1) is 11.7. The van der Waals surface area contributed by atoms with Crippen LogP contribution in [0.5, 0.6) is 5.75 Å². The van der Waals surface area contributed by atoms with Crippen LogP contribution < -0.4 is 9.64 Å². The number of benzene rings is 1. The minimum absolute atomic E-state index is 0.0508. The average molecular weight is 269 g/mol. The maximum atomic E-state index is 12.6. The number of carbonyl (C=O) groups is 2. The Kier molecular flexibility index (Phi) is 2.31. The first-order chi connectivity index (χ1) is 9.70. The molecule has 0 radical (unpaired) electrons. The molecule has 1 aromatic rings. The summed E-state index contributed by atoms with van der Waals surface area (Å²) in [4.78, 5) is 26.6. The summed E-state index contributed by atoms with van der Waals surface area (Å²) in [6, 6.07) is 7.14. The highest BCUT2D eigenvalue weighted by molar-refractivity contribution is 6.22. The lowest BCUT2D eigenvalue weighted by atomic mass is 9.85. The van der Waals surface area contributed by atoms with Gasteiger partial charge in [0.1, 0.15) is 5.75 Å². The normalized spacial score (nSPS) is 34.0. The van der Waals surface area contributed by atoms with E-state index >= 15 is 0 Å². The van der Waals surface area contributed by atoms with Crippen molar-refractivity contribution in [1.82, 2.24) is 0 Å². The maximum Gasteiger partial charge on any atom is 0.238 e. The Hall–Kier alpha value is -2.10. The van der Waals surface area contributed by atoms with Crippen molar-refractivity contribution in [3.8, 4) is 5.75 Å². The van der Waals surface area contributed by atoms with Gasteiger partial charge in [0.25, 0.3) is 0 Å². The smallest absolute Gasteiger partial charge is 0.238 e. The molecule has 20 heavy (non-hydrogen) atoms. The van der Waals surface area contributed by atoms with Crippen molar-refractivity contribution in [1.29, 1.82) is 0 Å². The minimum Gasteiger partial charge on any atom is -0.497 e. The predicted molar refractivity (Wildman–Crippen MR) is 73.2 cm³/mol. The van der Waals surface area contributed by atoms with Crippen LogP contribution in [0.3, 0.4) is 0 Å². The molecule has 0 unspecified atom stereocenters. The first-order valence-electron chi connectivity index (χ1n) is 6.91. The molecule has 1 aliphatic heterocycles. The Morgan fingerprint density at radius 1 is 1.10 bits per heavy atom. The monoisotopic (exact) mass is 269 g/mol. The third-order valence-electron chi connectivity index (χ3n) is 4.78. The highest BCUT2D eigenvalue weighted by atomic mass is 16.5. The number of methoxy groups -OCH3 is 1. The highest BCUT2D eigenvalue weighted by Gasteiger charge is 2.59. The lowest BCUT2D eigenvalue weighted by Crippen LogP contribution is -2.32. The third kappa shape index (κ3) is 1.36. The van der Waals surface area contributed by atoms with Gasteiger partial charge >= 0.3 is 0 Å². The highest BCUT2D eigenvalue weighted by Crippen LogP contribution is 2.53. The Balaban J connectivity index is 1.74. The van der Waals surface area contributed by atoms with E-state index in [0.29, 0.717) is 11.4 Å². The van der Waals surface area contributed by atoms with Gasteiger partial charge in [-0.3, -0.25) is 9.59 Å². The number of carbonyl (C=O) groups excluding carboxylic acids is 2. The standard InChI is InChI=1S/C16H15NO3/c1-20-12-4-2-3-11(8-12)17-15(18)13-9-5-6-10(7-9)14(13)16(17)19/h2-6,8-10,13-14H,7H2,1H3/t9-,10+,13-,14-/m0/s1. The summed E-state index contributed by atoms with van der Waals surface area (Å²) in [5.41, 5.74) is 0.619. The van der Waals surface area contributed by atoms with Gasteiger partial charge in [0, 0.05) is 6.07 Å². The molecule has 4 heteroatoms. The van der Waals surface area contributed by atoms with Crippen LogP contribution in [0.25, 0.3) is 0 Å². The van der Waals surface area contributed by atoms with Crippen molar-refractivity contribution in [2.24, 2.45) is 23.7 Å². The topological polar surface area (TPSA) is 46.6 Å². The molecule has 102 valence electrons. The van der Waals surface area contributed by atoms with Gasteiger partial charge in [0.05, 0.1) is 24.6 Å². The summed E-state index contributed by atoms with van der Waals surface area (Å²) in [5.74, 6) is 0.748. The minimum atomic E-state index is -0.149. The fourth-order valence-electron chi connectivity index (χ4n) is 3.91. The molecule has 2 aliphatic carbocycles. The van der Waals surface area contributed by atoms with Gasteiger partial charge < -0.3 is 4.74 Å². The van der Waals surface area contributed by atoms with E-state index in [1.54, 1.807) is 31.4 Å². The van der Waals surface area contributed by atoms with Crippen LogP contribution in [-0.2, 0) is 9.59 Å². The van der Waals surface area contributed by atoms with Crippen molar-refractivity contribution in [2.75, 3.05) is 12.0 Å². The largest absolute Gasteiger partial charge is 0.497 e. The van der Waals surface area contributed by atoms with Gasteiger partial charge in [-0.15, -0.1) is 0 Å². The van der Waals surface area contributed by atoms with Gasteiger partial charge in [-0.05, 0) is 30.4 Å². The fourth-order valence-corrected chi connectivity index (χ4v) is 3.91. The molecule has 3 aliphatic rings. The van der Waals surface area contributed by atoms with Crippen LogP contribution in [-0.4, -0.2) is 18.9 Å². The second kappa shape index (κ2) is 3.95. The van der Waals surface area contributed by atoms with E-state index in [9.17, 15) is 9.59 Å². The summed E-state index contributed by atoms with van der Waals surface area (Å²) >= 11 is 0. The fraction of sp³-hybridized carbons (Fsp3) is 0.375. The maximum absolute atomic E-state index is 12.6. The van der Waals surface area contributed by atoms with Gasteiger partial charge in [-0.1, -0.05) is 18.2 Å². The molecule has 0 spiro atoms. The lowest BCUT2D eigenvalue weighted by Gasteiger charge is -2.17. The van der Waals surface area contributed by atoms with Crippen molar-refractivity contribution in [3.63, 3.8) is 0 Å². The number of anilines is 1. The number of fused-ring (bicyclic) bond motifs is 5. The number of nitrogens with zero attached hydrogens (tertiary/aromatic N) is 1. The summed E-state index contributed by atoms with van der Waals surface area (Å²) in [6.45, 7) is 0. The second-order valence-electron chi connectivity index (χ2n) is 5.71. The van der Waals surface area contributed by atoms with Gasteiger partial charge in [-0.2, -0.15) is 0 Å². The van der Waals surface area contributed by atoms with Gasteiger partial charge in [0.2, 0.25) is 11.8 Å². The van der Waals surface area contributed by atoms with E-state index in [2.05, 4.69) is 12.2 Å². The molecule has 2 amide bonds. The molecule has 1 aromatic carbocycles. The van der Waals surface area contributed by atoms with Crippen molar-refractivity contribution in [3.05, 3.63) is 36.4 Å². The number of hydrogen-bond donors (Lipinski definition) is 0. The molecule has 1 saturated carbocycles.